The average molecular weight is 314 g/mol. The zero-order valence-electron chi connectivity index (χ0n) is 11.5. The number of nitrogens with zero attached hydrogens (tertiary/aromatic N) is 2. The maximum Gasteiger partial charge on any atom is 0.162 e. The summed E-state index contributed by atoms with van der Waals surface area (Å²) in [5.41, 5.74) is -0.235. The second-order valence-electron chi connectivity index (χ2n) is 4.08. The summed E-state index contributed by atoms with van der Waals surface area (Å²) in [5.74, 6) is -4.64. The molecular weight excluding hydrogens is 304 g/mol. The van der Waals surface area contributed by atoms with Crippen LogP contribution in [0, 0.1) is 23.3 Å². The van der Waals surface area contributed by atoms with Gasteiger partial charge >= 0.3 is 0 Å². The Morgan fingerprint density at radius 1 is 0.636 bits per heavy atom. The van der Waals surface area contributed by atoms with Gasteiger partial charge in [0.15, 0.2) is 23.3 Å². The molecule has 22 heavy (non-hydrogen) atoms. The first-order chi connectivity index (χ1) is 10.5. The Balaban J connectivity index is 2.45. The largest absolute Gasteiger partial charge is 0.494 e. The monoisotopic (exact) mass is 314 g/mol. The van der Waals surface area contributed by atoms with E-state index >= 15 is 0 Å². The summed E-state index contributed by atoms with van der Waals surface area (Å²) < 4.78 is 62.3. The molecule has 0 aliphatic carbocycles. The minimum atomic E-state index is -1.15. The van der Waals surface area contributed by atoms with E-state index in [9.17, 15) is 17.6 Å². The fraction of sp³-hybridized carbons (Fsp3) is 0.143. The Morgan fingerprint density at radius 3 is 1.27 bits per heavy atom. The summed E-state index contributed by atoms with van der Waals surface area (Å²) in [6.45, 7) is 0. The molecule has 0 atom stereocenters. The van der Waals surface area contributed by atoms with E-state index in [4.69, 9.17) is 9.47 Å². The van der Waals surface area contributed by atoms with E-state index in [1.165, 1.54) is 14.2 Å². The zero-order chi connectivity index (χ0) is 16.3. The van der Waals surface area contributed by atoms with Crippen molar-refractivity contribution in [2.75, 3.05) is 14.2 Å². The van der Waals surface area contributed by atoms with Crippen molar-refractivity contribution in [1.82, 2.24) is 0 Å². The van der Waals surface area contributed by atoms with Crippen LogP contribution in [0.5, 0.6) is 11.5 Å². The van der Waals surface area contributed by atoms with E-state index in [1.807, 2.05) is 0 Å². The predicted octanol–water partition coefficient (Wildman–Crippen LogP) is 4.68. The topological polar surface area (TPSA) is 43.2 Å². The Hall–Kier alpha value is -2.64. The summed E-state index contributed by atoms with van der Waals surface area (Å²) in [6.07, 6.45) is 0. The van der Waals surface area contributed by atoms with Crippen molar-refractivity contribution < 1.29 is 27.0 Å². The van der Waals surface area contributed by atoms with E-state index in [0.717, 1.165) is 24.3 Å². The van der Waals surface area contributed by atoms with Crippen molar-refractivity contribution in [3.8, 4) is 11.5 Å². The Labute approximate surface area is 123 Å². The van der Waals surface area contributed by atoms with Gasteiger partial charge in [0.2, 0.25) is 0 Å². The third kappa shape index (κ3) is 3.16. The van der Waals surface area contributed by atoms with E-state index in [-0.39, 0.29) is 22.9 Å². The minimum Gasteiger partial charge on any atom is -0.494 e. The van der Waals surface area contributed by atoms with Crippen molar-refractivity contribution in [2.24, 2.45) is 10.2 Å². The molecule has 0 bridgehead atoms. The normalized spacial score (nSPS) is 11.0. The predicted molar refractivity (Wildman–Crippen MR) is 70.0 cm³/mol. The average Bonchev–Trinajstić information content (AvgIpc) is 2.50. The van der Waals surface area contributed by atoms with Gasteiger partial charge in [-0.25, -0.2) is 17.6 Å². The summed E-state index contributed by atoms with van der Waals surface area (Å²) in [5, 5.41) is 7.31. The van der Waals surface area contributed by atoms with Gasteiger partial charge < -0.3 is 9.47 Å². The van der Waals surface area contributed by atoms with Crippen LogP contribution in [0.4, 0.5) is 28.9 Å². The van der Waals surface area contributed by atoms with Gasteiger partial charge in [-0.2, -0.15) is 0 Å². The van der Waals surface area contributed by atoms with Crippen LogP contribution in [0.2, 0.25) is 0 Å². The van der Waals surface area contributed by atoms with E-state index in [0.29, 0.717) is 0 Å². The van der Waals surface area contributed by atoms with Crippen LogP contribution >= 0.6 is 0 Å². The number of hydrogen-bond donors (Lipinski definition) is 0. The number of benzene rings is 2. The van der Waals surface area contributed by atoms with Gasteiger partial charge in [-0.3, -0.25) is 0 Å². The molecule has 2 aromatic rings. The number of methoxy groups -OCH3 is 2. The van der Waals surface area contributed by atoms with Crippen LogP contribution in [0.25, 0.3) is 0 Å². The fourth-order valence-electron chi connectivity index (χ4n) is 1.63. The molecule has 0 amide bonds. The van der Waals surface area contributed by atoms with Gasteiger partial charge in [0.05, 0.1) is 14.2 Å². The summed E-state index contributed by atoms with van der Waals surface area (Å²) >= 11 is 0. The third-order valence-corrected chi connectivity index (χ3v) is 2.71. The molecule has 0 saturated heterocycles. The molecule has 0 aromatic heterocycles. The molecular formula is C14H10F4N2O2. The molecule has 0 fully saturated rings. The van der Waals surface area contributed by atoms with Crippen molar-refractivity contribution in [3.05, 3.63) is 47.5 Å². The van der Waals surface area contributed by atoms with Crippen molar-refractivity contribution in [2.45, 2.75) is 0 Å². The number of hydrogen-bond acceptors (Lipinski definition) is 4. The number of halogens is 4. The molecule has 4 nitrogen and oxygen atoms in total. The highest BCUT2D eigenvalue weighted by Crippen LogP contribution is 2.34. The van der Waals surface area contributed by atoms with Crippen LogP contribution in [-0.2, 0) is 0 Å². The van der Waals surface area contributed by atoms with Crippen molar-refractivity contribution in [1.29, 1.82) is 0 Å². The molecule has 0 heterocycles. The van der Waals surface area contributed by atoms with Gasteiger partial charge in [-0.1, -0.05) is 0 Å². The number of azo groups is 1. The van der Waals surface area contributed by atoms with Gasteiger partial charge in [0, 0.05) is 24.3 Å². The molecule has 8 heteroatoms. The molecule has 0 N–H and O–H groups in total. The van der Waals surface area contributed by atoms with Crippen LogP contribution in [0.1, 0.15) is 0 Å². The second-order valence-corrected chi connectivity index (χ2v) is 4.08. The molecule has 0 aliphatic rings. The van der Waals surface area contributed by atoms with E-state index in [2.05, 4.69) is 10.2 Å². The van der Waals surface area contributed by atoms with Crippen LogP contribution in [-0.4, -0.2) is 14.2 Å². The zero-order valence-corrected chi connectivity index (χ0v) is 11.5. The molecule has 2 aromatic carbocycles. The lowest BCUT2D eigenvalue weighted by Gasteiger charge is -2.06. The first-order valence-electron chi connectivity index (χ1n) is 5.94. The van der Waals surface area contributed by atoms with Crippen LogP contribution in [0.15, 0.2) is 34.5 Å². The molecule has 116 valence electrons. The van der Waals surface area contributed by atoms with Gasteiger partial charge in [-0.05, 0) is 0 Å². The number of rotatable bonds is 4. The standard InChI is InChI=1S/C14H10F4N2O2/c1-21-13-5-9(17)7(15)3-11(13)19-20-12-4-8(16)10(18)6-14(12)22-2/h3-6H,1-2H3. The maximum atomic E-state index is 13.2. The Kier molecular flexibility index (Phi) is 4.59. The SMILES string of the molecule is COc1cc(F)c(F)cc1N=Nc1cc(F)c(F)cc1OC. The summed E-state index contributed by atoms with van der Waals surface area (Å²) in [7, 11) is 2.48. The van der Waals surface area contributed by atoms with E-state index < -0.39 is 23.3 Å². The van der Waals surface area contributed by atoms with Crippen LogP contribution in [0.3, 0.4) is 0 Å². The maximum absolute atomic E-state index is 13.2. The minimum absolute atomic E-state index is 0.0656. The smallest absolute Gasteiger partial charge is 0.162 e. The molecule has 0 saturated carbocycles. The first kappa shape index (κ1) is 15.7. The molecule has 0 unspecified atom stereocenters. The van der Waals surface area contributed by atoms with Gasteiger partial charge in [0.25, 0.3) is 0 Å². The van der Waals surface area contributed by atoms with Gasteiger partial charge in [-0.15, -0.1) is 10.2 Å². The second kappa shape index (κ2) is 6.42. The highest BCUT2D eigenvalue weighted by atomic mass is 19.2. The Bertz CT molecular complexity index is 674. The quantitative estimate of drug-likeness (QED) is 0.607. The number of ether oxygens (including phenoxy) is 2. The fourth-order valence-corrected chi connectivity index (χ4v) is 1.63. The lowest BCUT2D eigenvalue weighted by Crippen LogP contribution is -1.90. The third-order valence-electron chi connectivity index (χ3n) is 2.71. The van der Waals surface area contributed by atoms with Gasteiger partial charge in [0.1, 0.15) is 22.9 Å². The lowest BCUT2D eigenvalue weighted by molar-refractivity contribution is 0.406. The molecule has 2 rings (SSSR count). The molecule has 0 radical (unpaired) electrons. The van der Waals surface area contributed by atoms with Crippen molar-refractivity contribution in [3.63, 3.8) is 0 Å². The molecule has 0 spiro atoms. The van der Waals surface area contributed by atoms with Crippen LogP contribution < -0.4 is 9.47 Å². The lowest BCUT2D eigenvalue weighted by atomic mass is 10.2. The van der Waals surface area contributed by atoms with Crippen molar-refractivity contribution >= 4 is 11.4 Å². The summed E-state index contributed by atoms with van der Waals surface area (Å²) in [4.78, 5) is 0. The van der Waals surface area contributed by atoms with E-state index in [1.54, 1.807) is 0 Å². The molecule has 0 aliphatic heterocycles. The first-order valence-corrected chi connectivity index (χ1v) is 5.94. The highest BCUT2D eigenvalue weighted by molar-refractivity contribution is 5.55. The Morgan fingerprint density at radius 2 is 0.955 bits per heavy atom. The highest BCUT2D eigenvalue weighted by Gasteiger charge is 2.12. The summed E-state index contributed by atoms with van der Waals surface area (Å²) in [6, 6.07) is 3.13.